The van der Waals surface area contributed by atoms with Crippen LogP contribution in [0.25, 0.3) is 33.6 Å². The minimum atomic E-state index is 0.732. The quantitative estimate of drug-likeness (QED) is 0.440. The van der Waals surface area contributed by atoms with E-state index in [9.17, 15) is 0 Å². The summed E-state index contributed by atoms with van der Waals surface area (Å²) in [4.78, 5) is 0. The van der Waals surface area contributed by atoms with E-state index < -0.39 is 0 Å². The monoisotopic (exact) mass is 344 g/mol. The highest BCUT2D eigenvalue weighted by Gasteiger charge is 2.20. The Morgan fingerprint density at radius 3 is 1.84 bits per heavy atom. The molecule has 0 unspecified atom stereocenters. The second-order valence-corrected chi connectivity index (χ2v) is 6.37. The molecule has 0 N–H and O–H groups in total. The lowest BCUT2D eigenvalue weighted by Crippen LogP contribution is -1.94. The average Bonchev–Trinajstić information content (AvgIpc) is 3.01. The van der Waals surface area contributed by atoms with Gasteiger partial charge in [-0.1, -0.05) is 84.4 Å². The summed E-state index contributed by atoms with van der Waals surface area (Å²) in [6, 6.07) is 28.6. The largest absolute Gasteiger partial charge is 0.267 e. The summed E-state index contributed by atoms with van der Waals surface area (Å²) < 4.78 is 1.95. The number of nitrogens with zero attached hydrogens (tertiary/aromatic N) is 2. The predicted octanol–water partition coefficient (Wildman–Crippen LogP) is 6.07. The van der Waals surface area contributed by atoms with Gasteiger partial charge >= 0.3 is 0 Å². The van der Waals surface area contributed by atoms with Gasteiger partial charge in [0.05, 0.1) is 5.69 Å². The predicted molar refractivity (Wildman–Crippen MR) is 105 cm³/mol. The van der Waals surface area contributed by atoms with E-state index in [2.05, 4.69) is 36.4 Å². The molecule has 122 valence electrons. The first-order valence-corrected chi connectivity index (χ1v) is 8.55. The molecule has 0 spiro atoms. The lowest BCUT2D eigenvalue weighted by molar-refractivity contribution is 0.779. The molecule has 0 amide bonds. The fourth-order valence-electron chi connectivity index (χ4n) is 3.14. The molecule has 0 fully saturated rings. The summed E-state index contributed by atoms with van der Waals surface area (Å²) in [7, 11) is 1.99. The van der Waals surface area contributed by atoms with Gasteiger partial charge in [0.25, 0.3) is 0 Å². The molecule has 2 nitrogen and oxygen atoms in total. The van der Waals surface area contributed by atoms with Gasteiger partial charge in [-0.15, -0.1) is 0 Å². The minimum Gasteiger partial charge on any atom is -0.267 e. The van der Waals surface area contributed by atoms with Gasteiger partial charge in [0, 0.05) is 28.8 Å². The molecule has 4 aromatic rings. The van der Waals surface area contributed by atoms with Gasteiger partial charge in [-0.25, -0.2) is 0 Å². The van der Waals surface area contributed by atoms with E-state index in [1.54, 1.807) is 0 Å². The van der Waals surface area contributed by atoms with Crippen molar-refractivity contribution in [2.75, 3.05) is 0 Å². The zero-order valence-electron chi connectivity index (χ0n) is 13.9. The third-order valence-electron chi connectivity index (χ3n) is 4.27. The Balaban J connectivity index is 2.01. The Morgan fingerprint density at radius 1 is 0.680 bits per heavy atom. The number of hydrogen-bond donors (Lipinski definition) is 0. The van der Waals surface area contributed by atoms with Crippen LogP contribution in [0.4, 0.5) is 0 Å². The normalized spacial score (nSPS) is 10.8. The van der Waals surface area contributed by atoms with E-state index >= 15 is 0 Å². The first-order valence-electron chi connectivity index (χ1n) is 8.18. The van der Waals surface area contributed by atoms with Crippen molar-refractivity contribution in [2.24, 2.45) is 7.05 Å². The third-order valence-corrected chi connectivity index (χ3v) is 4.53. The first-order chi connectivity index (χ1) is 12.2. The molecule has 3 aromatic carbocycles. The Labute approximate surface area is 152 Å². The van der Waals surface area contributed by atoms with Crippen LogP contribution in [0.1, 0.15) is 0 Å². The number of aromatic nitrogens is 2. The SMILES string of the molecule is Cn1nc(-c2ccccc2)c(-c2ccccc2)c1-c1ccc(Cl)cc1. The molecule has 0 saturated heterocycles. The van der Waals surface area contributed by atoms with Crippen molar-refractivity contribution < 1.29 is 0 Å². The number of halogens is 1. The average molecular weight is 345 g/mol. The molecular weight excluding hydrogens is 328 g/mol. The van der Waals surface area contributed by atoms with Crippen molar-refractivity contribution >= 4 is 11.6 Å². The number of benzene rings is 3. The first kappa shape index (κ1) is 15.7. The van der Waals surface area contributed by atoms with Crippen LogP contribution in [0.5, 0.6) is 0 Å². The Kier molecular flexibility index (Phi) is 4.12. The fourth-order valence-corrected chi connectivity index (χ4v) is 3.27. The highest BCUT2D eigenvalue weighted by molar-refractivity contribution is 6.30. The lowest BCUT2D eigenvalue weighted by Gasteiger charge is -2.08. The Hall–Kier alpha value is -2.84. The fraction of sp³-hybridized carbons (Fsp3) is 0.0455. The van der Waals surface area contributed by atoms with Crippen LogP contribution in [-0.2, 0) is 7.05 Å². The van der Waals surface area contributed by atoms with Gasteiger partial charge in [0.1, 0.15) is 5.69 Å². The van der Waals surface area contributed by atoms with Crippen LogP contribution in [0, 0.1) is 0 Å². The zero-order valence-corrected chi connectivity index (χ0v) is 14.6. The molecule has 25 heavy (non-hydrogen) atoms. The summed E-state index contributed by atoms with van der Waals surface area (Å²) in [5.74, 6) is 0. The van der Waals surface area contributed by atoms with Crippen LogP contribution >= 0.6 is 11.6 Å². The maximum absolute atomic E-state index is 6.07. The molecule has 0 bridgehead atoms. The molecular formula is C22H17ClN2. The topological polar surface area (TPSA) is 17.8 Å². The third kappa shape index (κ3) is 2.97. The van der Waals surface area contributed by atoms with Crippen molar-refractivity contribution in [1.82, 2.24) is 9.78 Å². The Morgan fingerprint density at radius 2 is 1.24 bits per heavy atom. The van der Waals surface area contributed by atoms with E-state index in [-0.39, 0.29) is 0 Å². The van der Waals surface area contributed by atoms with Gasteiger partial charge in [0.15, 0.2) is 0 Å². The van der Waals surface area contributed by atoms with Crippen LogP contribution in [0.15, 0.2) is 84.9 Å². The van der Waals surface area contributed by atoms with Crippen molar-refractivity contribution in [3.05, 3.63) is 90.0 Å². The molecule has 3 heteroatoms. The van der Waals surface area contributed by atoms with Crippen molar-refractivity contribution in [1.29, 1.82) is 0 Å². The maximum Gasteiger partial charge on any atom is 0.101 e. The second kappa shape index (κ2) is 6.58. The number of aryl methyl sites for hydroxylation is 1. The minimum absolute atomic E-state index is 0.732. The Bertz CT molecular complexity index is 988. The number of hydrogen-bond acceptors (Lipinski definition) is 1. The molecule has 0 aliphatic rings. The number of rotatable bonds is 3. The highest BCUT2D eigenvalue weighted by Crippen LogP contribution is 2.39. The van der Waals surface area contributed by atoms with E-state index in [1.165, 1.54) is 0 Å². The van der Waals surface area contributed by atoms with Crippen LogP contribution in [-0.4, -0.2) is 9.78 Å². The van der Waals surface area contributed by atoms with Crippen molar-refractivity contribution in [3.8, 4) is 33.6 Å². The molecule has 1 heterocycles. The van der Waals surface area contributed by atoms with Crippen LogP contribution in [0.3, 0.4) is 0 Å². The second-order valence-electron chi connectivity index (χ2n) is 5.93. The molecule has 0 aliphatic carbocycles. The van der Waals surface area contributed by atoms with Gasteiger partial charge in [0.2, 0.25) is 0 Å². The van der Waals surface area contributed by atoms with Crippen molar-refractivity contribution in [3.63, 3.8) is 0 Å². The highest BCUT2D eigenvalue weighted by atomic mass is 35.5. The van der Waals surface area contributed by atoms with E-state index in [0.717, 1.165) is 38.7 Å². The molecule has 0 aliphatic heterocycles. The van der Waals surface area contributed by atoms with Crippen molar-refractivity contribution in [2.45, 2.75) is 0 Å². The summed E-state index contributed by atoms with van der Waals surface area (Å²) in [5, 5.41) is 5.57. The van der Waals surface area contributed by atoms with E-state index in [4.69, 9.17) is 16.7 Å². The lowest BCUT2D eigenvalue weighted by atomic mass is 9.96. The van der Waals surface area contributed by atoms with Crippen LogP contribution < -0.4 is 0 Å². The summed E-state index contributed by atoms with van der Waals surface area (Å²) in [6.07, 6.45) is 0. The zero-order chi connectivity index (χ0) is 17.2. The molecule has 4 rings (SSSR count). The maximum atomic E-state index is 6.07. The summed E-state index contributed by atoms with van der Waals surface area (Å²) >= 11 is 6.07. The van der Waals surface area contributed by atoms with Gasteiger partial charge in [-0.3, -0.25) is 4.68 Å². The van der Waals surface area contributed by atoms with Crippen LogP contribution in [0.2, 0.25) is 5.02 Å². The molecule has 0 atom stereocenters. The van der Waals surface area contributed by atoms with E-state index in [0.29, 0.717) is 0 Å². The van der Waals surface area contributed by atoms with Gasteiger partial charge in [-0.05, 0) is 17.7 Å². The molecule has 1 aromatic heterocycles. The summed E-state index contributed by atoms with van der Waals surface area (Å²) in [6.45, 7) is 0. The smallest absolute Gasteiger partial charge is 0.101 e. The molecule has 0 saturated carbocycles. The summed E-state index contributed by atoms with van der Waals surface area (Å²) in [5.41, 5.74) is 6.56. The van der Waals surface area contributed by atoms with Gasteiger partial charge in [-0.2, -0.15) is 5.10 Å². The van der Waals surface area contributed by atoms with E-state index in [1.807, 2.05) is 60.3 Å². The molecule has 0 radical (unpaired) electrons. The standard InChI is InChI=1S/C22H17ClN2/c1-25-22(18-12-14-19(23)15-13-18)20(16-8-4-2-5-9-16)21(24-25)17-10-6-3-7-11-17/h2-15H,1H3. The van der Waals surface area contributed by atoms with Gasteiger partial charge < -0.3 is 0 Å².